The number of rotatable bonds is 3. The lowest BCUT2D eigenvalue weighted by Gasteiger charge is -2.26. The first-order valence-electron chi connectivity index (χ1n) is 6.85. The lowest BCUT2D eigenvalue weighted by molar-refractivity contribution is 0.225. The number of aryl methyl sites for hydroxylation is 1. The first kappa shape index (κ1) is 12.9. The Morgan fingerprint density at radius 1 is 1.32 bits per heavy atom. The molecule has 0 unspecified atom stereocenters. The number of hydrogen-bond donors (Lipinski definition) is 1. The number of piperazine rings is 1. The van der Waals surface area contributed by atoms with Crippen molar-refractivity contribution in [1.82, 2.24) is 19.8 Å². The predicted molar refractivity (Wildman–Crippen MR) is 78.6 cm³/mol. The summed E-state index contributed by atoms with van der Waals surface area (Å²) in [5.41, 5.74) is 2.18. The molecule has 0 bridgehead atoms. The van der Waals surface area contributed by atoms with Gasteiger partial charge in [-0.1, -0.05) is 11.6 Å². The lowest BCUT2D eigenvalue weighted by Crippen LogP contribution is -2.43. The Labute approximate surface area is 118 Å². The molecule has 5 heteroatoms. The van der Waals surface area contributed by atoms with Crippen molar-refractivity contribution in [2.75, 3.05) is 26.2 Å². The third-order valence-electron chi connectivity index (χ3n) is 3.68. The number of imidazole rings is 1. The van der Waals surface area contributed by atoms with Gasteiger partial charge in [-0.25, -0.2) is 4.98 Å². The first-order valence-corrected chi connectivity index (χ1v) is 7.23. The van der Waals surface area contributed by atoms with E-state index in [1.165, 1.54) is 0 Å². The van der Waals surface area contributed by atoms with Gasteiger partial charge in [0.1, 0.15) is 5.82 Å². The highest BCUT2D eigenvalue weighted by molar-refractivity contribution is 6.31. The minimum atomic E-state index is 0.774. The molecule has 3 rings (SSSR count). The zero-order chi connectivity index (χ0) is 13.2. The SMILES string of the molecule is CCn1c(CN2CCNCC2)nc2ccc(Cl)cc21. The molecule has 2 heterocycles. The number of aromatic nitrogens is 2. The molecule has 1 aromatic carbocycles. The van der Waals surface area contributed by atoms with E-state index in [9.17, 15) is 0 Å². The van der Waals surface area contributed by atoms with Gasteiger partial charge in [0, 0.05) is 37.7 Å². The van der Waals surface area contributed by atoms with Gasteiger partial charge in [-0.05, 0) is 25.1 Å². The van der Waals surface area contributed by atoms with Gasteiger partial charge in [0.25, 0.3) is 0 Å². The van der Waals surface area contributed by atoms with Crippen LogP contribution in [0.1, 0.15) is 12.7 Å². The van der Waals surface area contributed by atoms with Gasteiger partial charge in [-0.2, -0.15) is 0 Å². The van der Waals surface area contributed by atoms with Crippen molar-refractivity contribution >= 4 is 22.6 Å². The number of halogens is 1. The van der Waals surface area contributed by atoms with E-state index < -0.39 is 0 Å². The maximum Gasteiger partial charge on any atom is 0.124 e. The first-order chi connectivity index (χ1) is 9.28. The van der Waals surface area contributed by atoms with E-state index in [1.807, 2.05) is 18.2 Å². The number of benzene rings is 1. The molecule has 1 fully saturated rings. The summed E-state index contributed by atoms with van der Waals surface area (Å²) in [5.74, 6) is 1.14. The average Bonchev–Trinajstić information content (AvgIpc) is 2.76. The van der Waals surface area contributed by atoms with Crippen LogP contribution in [0.15, 0.2) is 18.2 Å². The molecular formula is C14H19ClN4. The van der Waals surface area contributed by atoms with E-state index in [1.54, 1.807) is 0 Å². The normalized spacial score (nSPS) is 17.2. The molecule has 1 saturated heterocycles. The zero-order valence-corrected chi connectivity index (χ0v) is 12.0. The van der Waals surface area contributed by atoms with Crippen LogP contribution in [0.25, 0.3) is 11.0 Å². The van der Waals surface area contributed by atoms with Gasteiger partial charge in [-0.15, -0.1) is 0 Å². The van der Waals surface area contributed by atoms with Crippen LogP contribution in [0, 0.1) is 0 Å². The van der Waals surface area contributed by atoms with Crippen LogP contribution in [0.5, 0.6) is 0 Å². The molecule has 0 radical (unpaired) electrons. The average molecular weight is 279 g/mol. The minimum Gasteiger partial charge on any atom is -0.327 e. The third kappa shape index (κ3) is 2.61. The predicted octanol–water partition coefficient (Wildman–Crippen LogP) is 2.11. The van der Waals surface area contributed by atoms with E-state index >= 15 is 0 Å². The molecule has 0 atom stereocenters. The molecule has 102 valence electrons. The Bertz CT molecular complexity index is 572. The molecule has 1 aliphatic rings. The van der Waals surface area contributed by atoms with Crippen molar-refractivity contribution in [3.8, 4) is 0 Å². The molecule has 0 spiro atoms. The molecule has 2 aromatic rings. The summed E-state index contributed by atoms with van der Waals surface area (Å²) < 4.78 is 2.27. The highest BCUT2D eigenvalue weighted by Crippen LogP contribution is 2.21. The summed E-state index contributed by atoms with van der Waals surface area (Å²) in [6.07, 6.45) is 0. The van der Waals surface area contributed by atoms with Gasteiger partial charge < -0.3 is 9.88 Å². The molecule has 1 aromatic heterocycles. The minimum absolute atomic E-state index is 0.774. The maximum absolute atomic E-state index is 6.09. The van der Waals surface area contributed by atoms with Gasteiger partial charge in [0.05, 0.1) is 17.6 Å². The summed E-state index contributed by atoms with van der Waals surface area (Å²) in [5, 5.41) is 4.15. The zero-order valence-electron chi connectivity index (χ0n) is 11.2. The summed E-state index contributed by atoms with van der Waals surface area (Å²) in [6, 6.07) is 5.92. The van der Waals surface area contributed by atoms with Crippen LogP contribution in [-0.2, 0) is 13.1 Å². The number of nitrogens with zero attached hydrogens (tertiary/aromatic N) is 3. The lowest BCUT2D eigenvalue weighted by atomic mass is 10.3. The fourth-order valence-corrected chi connectivity index (χ4v) is 2.85. The van der Waals surface area contributed by atoms with Crippen LogP contribution < -0.4 is 5.32 Å². The quantitative estimate of drug-likeness (QED) is 0.934. The summed E-state index contributed by atoms with van der Waals surface area (Å²) in [4.78, 5) is 7.21. The van der Waals surface area contributed by atoms with E-state index in [0.717, 1.165) is 61.1 Å². The van der Waals surface area contributed by atoms with Crippen molar-refractivity contribution < 1.29 is 0 Å². The largest absolute Gasteiger partial charge is 0.327 e. The Hall–Kier alpha value is -1.10. The molecular weight excluding hydrogens is 260 g/mol. The van der Waals surface area contributed by atoms with E-state index in [4.69, 9.17) is 16.6 Å². The maximum atomic E-state index is 6.09. The summed E-state index contributed by atoms with van der Waals surface area (Å²) >= 11 is 6.09. The van der Waals surface area contributed by atoms with Gasteiger partial charge in [-0.3, -0.25) is 4.90 Å². The van der Waals surface area contributed by atoms with Crippen molar-refractivity contribution in [2.45, 2.75) is 20.0 Å². The summed E-state index contributed by atoms with van der Waals surface area (Å²) in [7, 11) is 0. The van der Waals surface area contributed by atoms with Crippen LogP contribution in [0.2, 0.25) is 5.02 Å². The standard InChI is InChI=1S/C14H19ClN4/c1-2-19-13-9-11(15)3-4-12(13)17-14(19)10-18-7-5-16-6-8-18/h3-4,9,16H,2,5-8,10H2,1H3. The number of nitrogens with one attached hydrogen (secondary N) is 1. The Morgan fingerprint density at radius 3 is 2.84 bits per heavy atom. The topological polar surface area (TPSA) is 33.1 Å². The smallest absolute Gasteiger partial charge is 0.124 e. The molecule has 0 saturated carbocycles. The molecule has 1 aliphatic heterocycles. The van der Waals surface area contributed by atoms with Crippen LogP contribution >= 0.6 is 11.6 Å². The van der Waals surface area contributed by atoms with Crippen molar-refractivity contribution in [1.29, 1.82) is 0 Å². The van der Waals surface area contributed by atoms with Gasteiger partial charge in [0.15, 0.2) is 0 Å². The Balaban J connectivity index is 1.93. The van der Waals surface area contributed by atoms with E-state index in [2.05, 4.69) is 21.7 Å². The van der Waals surface area contributed by atoms with E-state index in [-0.39, 0.29) is 0 Å². The van der Waals surface area contributed by atoms with Crippen LogP contribution in [-0.4, -0.2) is 40.6 Å². The number of fused-ring (bicyclic) bond motifs is 1. The second kappa shape index (κ2) is 5.49. The monoisotopic (exact) mass is 278 g/mol. The van der Waals surface area contributed by atoms with Crippen molar-refractivity contribution in [2.24, 2.45) is 0 Å². The Morgan fingerprint density at radius 2 is 2.11 bits per heavy atom. The second-order valence-corrected chi connectivity index (χ2v) is 5.37. The summed E-state index contributed by atoms with van der Waals surface area (Å²) in [6.45, 7) is 8.32. The molecule has 1 N–H and O–H groups in total. The van der Waals surface area contributed by atoms with E-state index in [0.29, 0.717) is 0 Å². The third-order valence-corrected chi connectivity index (χ3v) is 3.92. The highest BCUT2D eigenvalue weighted by Gasteiger charge is 2.15. The van der Waals surface area contributed by atoms with Crippen molar-refractivity contribution in [3.63, 3.8) is 0 Å². The molecule has 0 aliphatic carbocycles. The van der Waals surface area contributed by atoms with Gasteiger partial charge in [0.2, 0.25) is 0 Å². The second-order valence-electron chi connectivity index (χ2n) is 4.93. The Kier molecular flexibility index (Phi) is 3.73. The number of hydrogen-bond acceptors (Lipinski definition) is 3. The van der Waals surface area contributed by atoms with Crippen molar-refractivity contribution in [3.05, 3.63) is 29.0 Å². The van der Waals surface area contributed by atoms with Crippen LogP contribution in [0.3, 0.4) is 0 Å². The fraction of sp³-hybridized carbons (Fsp3) is 0.500. The van der Waals surface area contributed by atoms with Gasteiger partial charge >= 0.3 is 0 Å². The molecule has 0 amide bonds. The molecule has 19 heavy (non-hydrogen) atoms. The molecule has 4 nitrogen and oxygen atoms in total. The highest BCUT2D eigenvalue weighted by atomic mass is 35.5. The fourth-order valence-electron chi connectivity index (χ4n) is 2.69. The van der Waals surface area contributed by atoms with Crippen LogP contribution in [0.4, 0.5) is 0 Å².